The molecule has 6 nitrogen and oxygen atoms in total. The van der Waals surface area contributed by atoms with Crippen LogP contribution in [-0.2, 0) is 5.54 Å². The third-order valence-electron chi connectivity index (χ3n) is 4.01. The Morgan fingerprint density at radius 3 is 1.92 bits per heavy atom. The molecule has 0 amide bonds. The van der Waals surface area contributed by atoms with Crippen LogP contribution in [0.15, 0.2) is 71.9 Å². The third kappa shape index (κ3) is 2.59. The van der Waals surface area contributed by atoms with Crippen LogP contribution in [0.2, 0.25) is 10.0 Å². The number of oxazole rings is 1. The molecule has 0 fully saturated rings. The SMILES string of the molecule is Clc1ccc(C(c2ccc(Cl)cc2)(c2cnco2)n2cnnn2)cc1. The highest BCUT2D eigenvalue weighted by Crippen LogP contribution is 2.40. The molecule has 124 valence electrons. The molecule has 0 spiro atoms. The lowest BCUT2D eigenvalue weighted by Crippen LogP contribution is -2.38. The van der Waals surface area contributed by atoms with Crippen molar-refractivity contribution in [2.45, 2.75) is 5.54 Å². The van der Waals surface area contributed by atoms with Crippen LogP contribution in [-0.4, -0.2) is 25.2 Å². The van der Waals surface area contributed by atoms with E-state index in [9.17, 15) is 0 Å². The molecule has 0 radical (unpaired) electrons. The van der Waals surface area contributed by atoms with Crippen molar-refractivity contribution >= 4 is 23.2 Å². The van der Waals surface area contributed by atoms with Crippen molar-refractivity contribution in [2.75, 3.05) is 0 Å². The van der Waals surface area contributed by atoms with E-state index >= 15 is 0 Å². The van der Waals surface area contributed by atoms with Crippen molar-refractivity contribution in [2.24, 2.45) is 0 Å². The number of aromatic nitrogens is 5. The van der Waals surface area contributed by atoms with E-state index in [1.165, 1.54) is 12.7 Å². The highest BCUT2D eigenvalue weighted by Gasteiger charge is 2.43. The van der Waals surface area contributed by atoms with Gasteiger partial charge in [0.2, 0.25) is 0 Å². The van der Waals surface area contributed by atoms with E-state index in [1.54, 1.807) is 10.9 Å². The average molecular weight is 372 g/mol. The predicted octanol–water partition coefficient (Wildman–Crippen LogP) is 3.81. The summed E-state index contributed by atoms with van der Waals surface area (Å²) in [6, 6.07) is 14.8. The number of hydrogen-bond acceptors (Lipinski definition) is 5. The van der Waals surface area contributed by atoms with Gasteiger partial charge in [0.25, 0.3) is 0 Å². The van der Waals surface area contributed by atoms with Crippen molar-refractivity contribution in [3.63, 3.8) is 0 Å². The molecule has 0 N–H and O–H groups in total. The number of tetrazole rings is 1. The molecule has 0 aliphatic rings. The Labute approximate surface area is 153 Å². The van der Waals surface area contributed by atoms with Gasteiger partial charge in [-0.1, -0.05) is 47.5 Å². The highest BCUT2D eigenvalue weighted by atomic mass is 35.5. The fraction of sp³-hybridized carbons (Fsp3) is 0.0588. The number of halogens is 2. The molecule has 2 aromatic carbocycles. The molecular formula is C17H11Cl2N5O. The smallest absolute Gasteiger partial charge is 0.181 e. The summed E-state index contributed by atoms with van der Waals surface area (Å²) in [4.78, 5) is 4.08. The van der Waals surface area contributed by atoms with E-state index in [1.807, 2.05) is 48.5 Å². The zero-order chi connectivity index (χ0) is 17.3. The largest absolute Gasteiger partial charge is 0.445 e. The Bertz CT molecular complexity index is 870. The molecule has 25 heavy (non-hydrogen) atoms. The minimum absolute atomic E-state index is 0.560. The van der Waals surface area contributed by atoms with Gasteiger partial charge in [-0.05, 0) is 45.8 Å². The average Bonchev–Trinajstić information content (AvgIpc) is 3.33. The molecule has 0 atom stereocenters. The van der Waals surface area contributed by atoms with Gasteiger partial charge in [-0.15, -0.1) is 5.10 Å². The van der Waals surface area contributed by atoms with Crippen LogP contribution in [0.25, 0.3) is 0 Å². The summed E-state index contributed by atoms with van der Waals surface area (Å²) in [6.07, 6.45) is 4.55. The fourth-order valence-corrected chi connectivity index (χ4v) is 3.17. The van der Waals surface area contributed by atoms with Crippen LogP contribution in [0.1, 0.15) is 16.9 Å². The summed E-state index contributed by atoms with van der Waals surface area (Å²) >= 11 is 12.2. The van der Waals surface area contributed by atoms with Crippen molar-refractivity contribution in [1.82, 2.24) is 25.2 Å². The van der Waals surface area contributed by atoms with Gasteiger partial charge in [0.05, 0.1) is 6.20 Å². The minimum Gasteiger partial charge on any atom is -0.445 e. The Morgan fingerprint density at radius 1 is 0.880 bits per heavy atom. The molecule has 0 unspecified atom stereocenters. The maximum absolute atomic E-state index is 6.08. The van der Waals surface area contributed by atoms with Gasteiger partial charge >= 0.3 is 0 Å². The first-order valence-corrected chi connectivity index (χ1v) is 8.11. The first-order valence-electron chi connectivity index (χ1n) is 7.36. The lowest BCUT2D eigenvalue weighted by Gasteiger charge is -2.32. The second kappa shape index (κ2) is 6.31. The topological polar surface area (TPSA) is 69.6 Å². The first-order chi connectivity index (χ1) is 12.2. The van der Waals surface area contributed by atoms with Crippen LogP contribution in [0.3, 0.4) is 0 Å². The Hall–Kier alpha value is -2.70. The number of nitrogens with zero attached hydrogens (tertiary/aromatic N) is 5. The monoisotopic (exact) mass is 371 g/mol. The lowest BCUT2D eigenvalue weighted by molar-refractivity contribution is 0.354. The van der Waals surface area contributed by atoms with Crippen LogP contribution in [0, 0.1) is 0 Å². The van der Waals surface area contributed by atoms with E-state index < -0.39 is 5.54 Å². The molecule has 0 aliphatic carbocycles. The molecule has 0 bridgehead atoms. The van der Waals surface area contributed by atoms with Crippen LogP contribution in [0.5, 0.6) is 0 Å². The van der Waals surface area contributed by atoms with Gasteiger partial charge in [0.1, 0.15) is 6.33 Å². The van der Waals surface area contributed by atoms with Crippen molar-refractivity contribution < 1.29 is 4.42 Å². The first kappa shape index (κ1) is 15.8. The minimum atomic E-state index is -0.949. The Kier molecular flexibility index (Phi) is 3.99. The Balaban J connectivity index is 2.08. The summed E-state index contributed by atoms with van der Waals surface area (Å²) in [5.74, 6) is 0.560. The molecule has 0 aliphatic heterocycles. The normalized spacial score (nSPS) is 11.6. The van der Waals surface area contributed by atoms with Gasteiger partial charge in [0.15, 0.2) is 17.7 Å². The molecule has 4 aromatic rings. The summed E-state index contributed by atoms with van der Waals surface area (Å²) in [5.41, 5.74) is 0.779. The molecule has 4 rings (SSSR count). The summed E-state index contributed by atoms with van der Waals surface area (Å²) in [5, 5.41) is 13.0. The number of benzene rings is 2. The van der Waals surface area contributed by atoms with Gasteiger partial charge in [-0.2, -0.15) is 0 Å². The molecule has 0 saturated heterocycles. The zero-order valence-electron chi connectivity index (χ0n) is 12.8. The van der Waals surface area contributed by atoms with E-state index in [0.29, 0.717) is 15.8 Å². The predicted molar refractivity (Wildman–Crippen MR) is 92.5 cm³/mol. The number of hydrogen-bond donors (Lipinski definition) is 0. The van der Waals surface area contributed by atoms with Gasteiger partial charge < -0.3 is 4.42 Å². The van der Waals surface area contributed by atoms with E-state index in [2.05, 4.69) is 20.5 Å². The molecular weight excluding hydrogens is 361 g/mol. The second-order valence-corrected chi connectivity index (χ2v) is 6.22. The van der Waals surface area contributed by atoms with Crippen LogP contribution < -0.4 is 0 Å². The molecule has 2 heterocycles. The molecule has 2 aromatic heterocycles. The maximum atomic E-state index is 6.08. The maximum Gasteiger partial charge on any atom is 0.181 e. The second-order valence-electron chi connectivity index (χ2n) is 5.34. The molecule has 8 heteroatoms. The highest BCUT2D eigenvalue weighted by molar-refractivity contribution is 6.30. The summed E-state index contributed by atoms with van der Waals surface area (Å²) < 4.78 is 7.32. The standard InChI is InChI=1S/C17H11Cl2N5O/c18-14-5-1-12(2-6-14)17(16-9-20-11-25-16,24-10-21-22-23-24)13-3-7-15(19)8-4-13/h1-11H. The summed E-state index contributed by atoms with van der Waals surface area (Å²) in [6.45, 7) is 0. The van der Waals surface area contributed by atoms with E-state index in [0.717, 1.165) is 11.1 Å². The van der Waals surface area contributed by atoms with E-state index in [-0.39, 0.29) is 0 Å². The van der Waals surface area contributed by atoms with Crippen LogP contribution in [0.4, 0.5) is 0 Å². The van der Waals surface area contributed by atoms with Gasteiger partial charge in [0, 0.05) is 10.0 Å². The number of rotatable bonds is 4. The van der Waals surface area contributed by atoms with Crippen molar-refractivity contribution in [3.8, 4) is 0 Å². The lowest BCUT2D eigenvalue weighted by atomic mass is 9.81. The van der Waals surface area contributed by atoms with Gasteiger partial charge in [-0.3, -0.25) is 0 Å². The quantitative estimate of drug-likeness (QED) is 0.545. The molecule has 0 saturated carbocycles. The Morgan fingerprint density at radius 2 is 1.48 bits per heavy atom. The van der Waals surface area contributed by atoms with Crippen LogP contribution >= 0.6 is 23.2 Å². The van der Waals surface area contributed by atoms with Crippen molar-refractivity contribution in [1.29, 1.82) is 0 Å². The summed E-state index contributed by atoms with van der Waals surface area (Å²) in [7, 11) is 0. The van der Waals surface area contributed by atoms with E-state index in [4.69, 9.17) is 27.6 Å². The van der Waals surface area contributed by atoms with Gasteiger partial charge in [-0.25, -0.2) is 9.67 Å². The third-order valence-corrected chi connectivity index (χ3v) is 4.51. The fourth-order valence-electron chi connectivity index (χ4n) is 2.92. The van der Waals surface area contributed by atoms with Crippen molar-refractivity contribution in [3.05, 3.63) is 94.4 Å². The zero-order valence-corrected chi connectivity index (χ0v) is 14.3.